The van der Waals surface area contributed by atoms with Gasteiger partial charge in [-0.25, -0.2) is 9.79 Å². The van der Waals surface area contributed by atoms with Crippen LogP contribution in [0.1, 0.15) is 20.3 Å². The summed E-state index contributed by atoms with van der Waals surface area (Å²) in [4.78, 5) is 24.4. The van der Waals surface area contributed by atoms with Gasteiger partial charge in [-0.3, -0.25) is 9.97 Å². The summed E-state index contributed by atoms with van der Waals surface area (Å²) in [6.07, 6.45) is 3.79. The minimum absolute atomic E-state index is 0.00460. The van der Waals surface area contributed by atoms with E-state index in [0.717, 1.165) is 10.8 Å². The van der Waals surface area contributed by atoms with Crippen molar-refractivity contribution in [1.29, 1.82) is 0 Å². The molecule has 0 saturated heterocycles. The van der Waals surface area contributed by atoms with Gasteiger partial charge >= 0.3 is 5.97 Å². The fourth-order valence-corrected chi connectivity index (χ4v) is 2.64. The molecule has 0 aliphatic heterocycles. The standard InChI is InChI=1S/C18H17N3O3/c1-3-10(2)13(18(23)24)21-16-14-11(6-4-8-19-14)12-7-5-9-20-15(12)17(16)22/h4-10,22H,3H2,1-2H3,(H,23,24). The maximum atomic E-state index is 11.6. The molecule has 0 saturated carbocycles. The second-order valence-electron chi connectivity index (χ2n) is 5.61. The Morgan fingerprint density at radius 2 is 1.75 bits per heavy atom. The number of pyridine rings is 2. The summed E-state index contributed by atoms with van der Waals surface area (Å²) in [6, 6.07) is 7.26. The second-order valence-corrected chi connectivity index (χ2v) is 5.61. The maximum absolute atomic E-state index is 11.6. The Labute approximate surface area is 138 Å². The smallest absolute Gasteiger partial charge is 0.350 e. The number of fused-ring (bicyclic) bond motifs is 3. The molecule has 1 aromatic carbocycles. The predicted molar refractivity (Wildman–Crippen MR) is 92.9 cm³/mol. The minimum atomic E-state index is -1.10. The lowest BCUT2D eigenvalue weighted by atomic mass is 10.0. The highest BCUT2D eigenvalue weighted by Gasteiger charge is 2.21. The number of carbonyl (C=O) groups is 1. The number of carboxylic acids is 1. The average Bonchev–Trinajstić information content (AvgIpc) is 2.61. The van der Waals surface area contributed by atoms with E-state index in [9.17, 15) is 15.0 Å². The van der Waals surface area contributed by atoms with Crippen LogP contribution < -0.4 is 0 Å². The average molecular weight is 323 g/mol. The summed E-state index contributed by atoms with van der Waals surface area (Å²) in [6.45, 7) is 3.68. The van der Waals surface area contributed by atoms with E-state index in [0.29, 0.717) is 17.5 Å². The van der Waals surface area contributed by atoms with Crippen LogP contribution in [0, 0.1) is 5.92 Å². The van der Waals surface area contributed by atoms with Gasteiger partial charge in [0.25, 0.3) is 0 Å². The number of aromatic nitrogens is 2. The normalized spacial score (nSPS) is 13.3. The molecule has 0 aliphatic rings. The number of phenols is 1. The summed E-state index contributed by atoms with van der Waals surface area (Å²) in [7, 11) is 0. The van der Waals surface area contributed by atoms with Gasteiger partial charge in [0.15, 0.2) is 5.75 Å². The predicted octanol–water partition coefficient (Wildman–Crippen LogP) is 3.69. The molecule has 2 aromatic heterocycles. The third-order valence-electron chi connectivity index (χ3n) is 4.11. The largest absolute Gasteiger partial charge is 0.504 e. The zero-order valence-electron chi connectivity index (χ0n) is 13.4. The number of hydrogen-bond donors (Lipinski definition) is 2. The molecule has 0 spiro atoms. The van der Waals surface area contributed by atoms with Crippen LogP contribution in [0.2, 0.25) is 0 Å². The molecule has 6 nitrogen and oxygen atoms in total. The van der Waals surface area contributed by atoms with E-state index in [1.807, 2.05) is 19.1 Å². The first kappa shape index (κ1) is 15.9. The molecule has 122 valence electrons. The number of aliphatic imine (C=N–C) groups is 1. The summed E-state index contributed by atoms with van der Waals surface area (Å²) in [5, 5.41) is 21.6. The lowest BCUT2D eigenvalue weighted by Crippen LogP contribution is -2.20. The maximum Gasteiger partial charge on any atom is 0.350 e. The quantitative estimate of drug-likeness (QED) is 0.564. The van der Waals surface area contributed by atoms with Crippen molar-refractivity contribution < 1.29 is 15.0 Å². The molecule has 2 heterocycles. The monoisotopic (exact) mass is 323 g/mol. The van der Waals surface area contributed by atoms with Crippen LogP contribution in [0.25, 0.3) is 21.8 Å². The highest BCUT2D eigenvalue weighted by molar-refractivity contribution is 6.37. The van der Waals surface area contributed by atoms with Gasteiger partial charge in [-0.05, 0) is 18.6 Å². The summed E-state index contributed by atoms with van der Waals surface area (Å²) in [5.74, 6) is -1.51. The van der Waals surface area contributed by atoms with Crippen LogP contribution in [0.3, 0.4) is 0 Å². The molecule has 0 radical (unpaired) electrons. The topological polar surface area (TPSA) is 95.7 Å². The Morgan fingerprint density at radius 3 is 2.33 bits per heavy atom. The van der Waals surface area contributed by atoms with Gasteiger partial charge in [0.05, 0.1) is 0 Å². The minimum Gasteiger partial charge on any atom is -0.504 e. The first-order valence-corrected chi connectivity index (χ1v) is 7.70. The van der Waals surface area contributed by atoms with Crippen molar-refractivity contribution in [2.45, 2.75) is 20.3 Å². The molecule has 1 atom stereocenters. The van der Waals surface area contributed by atoms with E-state index in [2.05, 4.69) is 15.0 Å². The van der Waals surface area contributed by atoms with Crippen molar-refractivity contribution in [3.8, 4) is 5.75 Å². The van der Waals surface area contributed by atoms with Crippen molar-refractivity contribution in [3.05, 3.63) is 36.7 Å². The first-order chi connectivity index (χ1) is 11.5. The van der Waals surface area contributed by atoms with E-state index in [1.54, 1.807) is 31.5 Å². The molecule has 0 amide bonds. The van der Waals surface area contributed by atoms with Crippen LogP contribution in [0.5, 0.6) is 5.75 Å². The van der Waals surface area contributed by atoms with Crippen molar-refractivity contribution in [1.82, 2.24) is 9.97 Å². The Hall–Kier alpha value is -3.02. The van der Waals surface area contributed by atoms with Crippen molar-refractivity contribution in [3.63, 3.8) is 0 Å². The molecule has 0 bridgehead atoms. The van der Waals surface area contributed by atoms with Gasteiger partial charge in [-0.1, -0.05) is 26.0 Å². The van der Waals surface area contributed by atoms with Crippen molar-refractivity contribution in [2.24, 2.45) is 10.9 Å². The number of benzene rings is 1. The summed E-state index contributed by atoms with van der Waals surface area (Å²) in [5.41, 5.74) is 0.979. The number of nitrogens with zero attached hydrogens (tertiary/aromatic N) is 3. The first-order valence-electron chi connectivity index (χ1n) is 7.70. The Bertz CT molecular complexity index is 966. The molecule has 6 heteroatoms. The molecular formula is C18H17N3O3. The molecule has 0 aliphatic carbocycles. The van der Waals surface area contributed by atoms with Gasteiger partial charge in [0, 0.05) is 29.1 Å². The van der Waals surface area contributed by atoms with E-state index >= 15 is 0 Å². The molecule has 2 N–H and O–H groups in total. The van der Waals surface area contributed by atoms with E-state index in [4.69, 9.17) is 0 Å². The number of hydrogen-bond acceptors (Lipinski definition) is 5. The highest BCUT2D eigenvalue weighted by atomic mass is 16.4. The number of phenolic OH excluding ortho intramolecular Hbond substituents is 1. The zero-order valence-corrected chi connectivity index (χ0v) is 13.4. The lowest BCUT2D eigenvalue weighted by molar-refractivity contribution is -0.129. The van der Waals surface area contributed by atoms with Crippen LogP contribution in [-0.4, -0.2) is 31.9 Å². The van der Waals surface area contributed by atoms with Gasteiger partial charge in [-0.15, -0.1) is 0 Å². The lowest BCUT2D eigenvalue weighted by Gasteiger charge is -2.12. The third-order valence-corrected chi connectivity index (χ3v) is 4.11. The van der Waals surface area contributed by atoms with Gasteiger partial charge in [0.1, 0.15) is 22.4 Å². The van der Waals surface area contributed by atoms with Gasteiger partial charge < -0.3 is 10.2 Å². The zero-order chi connectivity index (χ0) is 17.3. The van der Waals surface area contributed by atoms with Gasteiger partial charge in [-0.2, -0.15) is 0 Å². The fraction of sp³-hybridized carbons (Fsp3) is 0.222. The molecule has 3 aromatic rings. The van der Waals surface area contributed by atoms with E-state index < -0.39 is 5.97 Å². The Morgan fingerprint density at radius 1 is 1.17 bits per heavy atom. The second kappa shape index (κ2) is 6.23. The molecular weight excluding hydrogens is 306 g/mol. The summed E-state index contributed by atoms with van der Waals surface area (Å²) < 4.78 is 0. The molecule has 3 rings (SSSR count). The van der Waals surface area contributed by atoms with E-state index in [1.165, 1.54) is 0 Å². The Balaban J connectivity index is 2.42. The number of aliphatic carboxylic acids is 1. The third kappa shape index (κ3) is 2.56. The Kier molecular flexibility index (Phi) is 4.12. The molecule has 24 heavy (non-hydrogen) atoms. The van der Waals surface area contributed by atoms with Crippen molar-refractivity contribution in [2.75, 3.05) is 0 Å². The van der Waals surface area contributed by atoms with Crippen LogP contribution in [0.4, 0.5) is 5.69 Å². The SMILES string of the molecule is CCC(C)C(=Nc1c(O)c2ncccc2c2cccnc12)C(=O)O. The van der Waals surface area contributed by atoms with Gasteiger partial charge in [0.2, 0.25) is 0 Å². The van der Waals surface area contributed by atoms with Crippen LogP contribution >= 0.6 is 0 Å². The van der Waals surface area contributed by atoms with Crippen LogP contribution in [0.15, 0.2) is 41.7 Å². The number of carboxylic acid groups (broad SMARTS) is 1. The van der Waals surface area contributed by atoms with Crippen molar-refractivity contribution >= 4 is 39.2 Å². The molecule has 1 unspecified atom stereocenters. The van der Waals surface area contributed by atoms with Crippen LogP contribution in [-0.2, 0) is 4.79 Å². The number of rotatable bonds is 4. The van der Waals surface area contributed by atoms with E-state index in [-0.39, 0.29) is 23.1 Å². The summed E-state index contributed by atoms with van der Waals surface area (Å²) >= 11 is 0. The highest BCUT2D eigenvalue weighted by Crippen LogP contribution is 2.41. The number of aromatic hydroxyl groups is 1. The molecule has 0 fully saturated rings. The fourth-order valence-electron chi connectivity index (χ4n) is 2.64.